The van der Waals surface area contributed by atoms with Gasteiger partial charge in [-0.3, -0.25) is 0 Å². The van der Waals surface area contributed by atoms with Crippen molar-refractivity contribution in [1.29, 1.82) is 0 Å². The van der Waals surface area contributed by atoms with Gasteiger partial charge in [0.05, 0.1) is 5.56 Å². The molecule has 4 heteroatoms. The molecule has 3 rings (SSSR count). The van der Waals surface area contributed by atoms with Crippen molar-refractivity contribution in [2.45, 2.75) is 32.6 Å². The van der Waals surface area contributed by atoms with E-state index in [4.69, 9.17) is 18.0 Å². The average Bonchev–Trinajstić information content (AvgIpc) is 3.00. The zero-order chi connectivity index (χ0) is 14.3. The lowest BCUT2D eigenvalue weighted by Gasteiger charge is -2.29. The van der Waals surface area contributed by atoms with Crippen molar-refractivity contribution in [3.63, 3.8) is 0 Å². The third kappa shape index (κ3) is 2.41. The van der Waals surface area contributed by atoms with Crippen LogP contribution in [0.25, 0.3) is 0 Å². The zero-order valence-electron chi connectivity index (χ0n) is 12.3. The molecule has 0 spiro atoms. The first-order valence-electron chi connectivity index (χ1n) is 7.52. The molecule has 0 amide bonds. The van der Waals surface area contributed by atoms with Crippen molar-refractivity contribution in [3.05, 3.63) is 23.4 Å². The minimum absolute atomic E-state index is 0.449. The Morgan fingerprint density at radius 3 is 2.85 bits per heavy atom. The third-order valence-corrected chi connectivity index (χ3v) is 5.34. The van der Waals surface area contributed by atoms with Crippen molar-refractivity contribution >= 4 is 23.0 Å². The number of fused-ring (bicyclic) bond motifs is 2. The average molecular weight is 289 g/mol. The summed E-state index contributed by atoms with van der Waals surface area (Å²) in [5.74, 6) is 3.68. The minimum Gasteiger partial charge on any atom is -0.389 e. The van der Waals surface area contributed by atoms with Crippen LogP contribution in [0.15, 0.2) is 12.3 Å². The molecule has 2 N–H and O–H groups in total. The maximum absolute atomic E-state index is 5.89. The molecule has 2 aliphatic carbocycles. The first kappa shape index (κ1) is 13.8. The van der Waals surface area contributed by atoms with Gasteiger partial charge in [0, 0.05) is 19.8 Å². The van der Waals surface area contributed by atoms with Crippen LogP contribution in [0.1, 0.15) is 36.8 Å². The van der Waals surface area contributed by atoms with Crippen molar-refractivity contribution in [1.82, 2.24) is 4.98 Å². The number of aryl methyl sites for hydroxylation is 1. The van der Waals surface area contributed by atoms with Crippen LogP contribution in [0.5, 0.6) is 0 Å². The molecule has 2 aliphatic rings. The van der Waals surface area contributed by atoms with Crippen LogP contribution in [-0.4, -0.2) is 23.6 Å². The number of thiocarbonyl (C=S) groups is 1. The molecule has 108 valence electrons. The van der Waals surface area contributed by atoms with Gasteiger partial charge in [-0.2, -0.15) is 0 Å². The second kappa shape index (κ2) is 5.32. The molecule has 0 saturated heterocycles. The Morgan fingerprint density at radius 1 is 1.45 bits per heavy atom. The van der Waals surface area contributed by atoms with Gasteiger partial charge in [-0.25, -0.2) is 4.98 Å². The van der Waals surface area contributed by atoms with Crippen LogP contribution < -0.4 is 10.6 Å². The summed E-state index contributed by atoms with van der Waals surface area (Å²) in [6, 6.07) is 1.98. The van der Waals surface area contributed by atoms with Crippen molar-refractivity contribution < 1.29 is 0 Å². The standard InChI is InChI=1S/C16H23N3S/c1-10-5-6-18-16(14(10)15(17)20)19(2)9-13-8-11-3-4-12(13)7-11/h5-6,11-13H,3-4,7-9H2,1-2H3,(H2,17,20). The zero-order valence-corrected chi connectivity index (χ0v) is 13.1. The molecular formula is C16H23N3S. The first-order chi connectivity index (χ1) is 9.56. The Balaban J connectivity index is 1.79. The number of hydrogen-bond acceptors (Lipinski definition) is 3. The van der Waals surface area contributed by atoms with Crippen molar-refractivity contribution in [2.75, 3.05) is 18.5 Å². The Bertz CT molecular complexity index is 528. The Kier molecular flexibility index (Phi) is 3.67. The summed E-state index contributed by atoms with van der Waals surface area (Å²) in [6.45, 7) is 3.12. The van der Waals surface area contributed by atoms with Crippen LogP contribution in [0, 0.1) is 24.7 Å². The van der Waals surface area contributed by atoms with Gasteiger partial charge < -0.3 is 10.6 Å². The SMILES string of the molecule is Cc1ccnc(N(C)CC2CC3CCC2C3)c1C(N)=S. The molecule has 1 aromatic heterocycles. The van der Waals surface area contributed by atoms with Gasteiger partial charge in [-0.1, -0.05) is 18.6 Å². The molecule has 3 nitrogen and oxygen atoms in total. The van der Waals surface area contributed by atoms with Crippen LogP contribution in [0.3, 0.4) is 0 Å². The van der Waals surface area contributed by atoms with Crippen LogP contribution in [0.4, 0.5) is 5.82 Å². The van der Waals surface area contributed by atoms with Gasteiger partial charge >= 0.3 is 0 Å². The molecule has 1 heterocycles. The highest BCUT2D eigenvalue weighted by Gasteiger charge is 2.39. The van der Waals surface area contributed by atoms with Gasteiger partial charge in [0.15, 0.2) is 0 Å². The Labute approximate surface area is 126 Å². The highest BCUT2D eigenvalue weighted by molar-refractivity contribution is 7.80. The molecule has 0 aromatic carbocycles. The summed E-state index contributed by atoms with van der Waals surface area (Å²) in [5, 5.41) is 0. The van der Waals surface area contributed by atoms with E-state index >= 15 is 0 Å². The topological polar surface area (TPSA) is 42.2 Å². The summed E-state index contributed by atoms with van der Waals surface area (Å²) in [6.07, 6.45) is 7.56. The smallest absolute Gasteiger partial charge is 0.138 e. The summed E-state index contributed by atoms with van der Waals surface area (Å²) in [5.41, 5.74) is 7.94. The number of aromatic nitrogens is 1. The number of nitrogens with two attached hydrogens (primary N) is 1. The molecule has 0 radical (unpaired) electrons. The first-order valence-corrected chi connectivity index (χ1v) is 7.93. The van der Waals surface area contributed by atoms with E-state index in [2.05, 4.69) is 16.9 Å². The number of pyridine rings is 1. The molecule has 1 aromatic rings. The van der Waals surface area contributed by atoms with Gasteiger partial charge in [-0.05, 0) is 55.6 Å². The van der Waals surface area contributed by atoms with Crippen LogP contribution in [-0.2, 0) is 0 Å². The molecule has 2 saturated carbocycles. The van der Waals surface area contributed by atoms with Crippen LogP contribution in [0.2, 0.25) is 0 Å². The number of anilines is 1. The summed E-state index contributed by atoms with van der Waals surface area (Å²) in [7, 11) is 2.12. The fourth-order valence-electron chi connectivity index (χ4n) is 4.18. The van der Waals surface area contributed by atoms with E-state index in [0.717, 1.165) is 41.2 Å². The van der Waals surface area contributed by atoms with Crippen molar-refractivity contribution in [2.24, 2.45) is 23.5 Å². The molecule has 20 heavy (non-hydrogen) atoms. The van der Waals surface area contributed by atoms with E-state index in [1.54, 1.807) is 0 Å². The second-order valence-corrected chi connectivity index (χ2v) is 6.95. The molecular weight excluding hydrogens is 266 g/mol. The van der Waals surface area contributed by atoms with E-state index in [1.165, 1.54) is 25.7 Å². The van der Waals surface area contributed by atoms with Gasteiger partial charge in [0.1, 0.15) is 10.8 Å². The maximum atomic E-state index is 5.89. The largest absolute Gasteiger partial charge is 0.389 e. The fraction of sp³-hybridized carbons (Fsp3) is 0.625. The van der Waals surface area contributed by atoms with E-state index in [9.17, 15) is 0 Å². The van der Waals surface area contributed by atoms with E-state index in [0.29, 0.717) is 4.99 Å². The number of rotatable bonds is 4. The molecule has 3 atom stereocenters. The predicted octanol–water partition coefficient (Wildman–Crippen LogP) is 2.90. The molecule has 3 unspecified atom stereocenters. The minimum atomic E-state index is 0.449. The van der Waals surface area contributed by atoms with E-state index in [1.807, 2.05) is 19.2 Å². The highest BCUT2D eigenvalue weighted by atomic mass is 32.1. The molecule has 0 aliphatic heterocycles. The molecule has 2 fully saturated rings. The lowest BCUT2D eigenvalue weighted by molar-refractivity contribution is 0.337. The summed E-state index contributed by atoms with van der Waals surface area (Å²) < 4.78 is 0. The number of hydrogen-bond donors (Lipinski definition) is 1. The fourth-order valence-corrected chi connectivity index (χ4v) is 4.43. The third-order valence-electron chi connectivity index (χ3n) is 5.14. The van der Waals surface area contributed by atoms with Crippen LogP contribution >= 0.6 is 12.2 Å². The second-order valence-electron chi connectivity index (χ2n) is 6.51. The summed E-state index contributed by atoms with van der Waals surface area (Å²) in [4.78, 5) is 7.23. The maximum Gasteiger partial charge on any atom is 0.138 e. The highest BCUT2D eigenvalue weighted by Crippen LogP contribution is 2.48. The lowest BCUT2D eigenvalue weighted by atomic mass is 9.88. The Hall–Kier alpha value is -1.16. The monoisotopic (exact) mass is 289 g/mol. The normalized spacial score (nSPS) is 27.8. The quantitative estimate of drug-likeness (QED) is 0.866. The van der Waals surface area contributed by atoms with E-state index < -0.39 is 0 Å². The van der Waals surface area contributed by atoms with Gasteiger partial charge in [0.2, 0.25) is 0 Å². The Morgan fingerprint density at radius 2 is 2.25 bits per heavy atom. The number of nitrogens with zero attached hydrogens (tertiary/aromatic N) is 2. The predicted molar refractivity (Wildman–Crippen MR) is 87.1 cm³/mol. The van der Waals surface area contributed by atoms with Gasteiger partial charge in [-0.15, -0.1) is 0 Å². The van der Waals surface area contributed by atoms with Crippen molar-refractivity contribution in [3.8, 4) is 0 Å². The molecule has 2 bridgehead atoms. The lowest BCUT2D eigenvalue weighted by Crippen LogP contribution is -2.31. The van der Waals surface area contributed by atoms with Gasteiger partial charge in [0.25, 0.3) is 0 Å². The summed E-state index contributed by atoms with van der Waals surface area (Å²) >= 11 is 5.20. The van der Waals surface area contributed by atoms with E-state index in [-0.39, 0.29) is 0 Å².